The molecule has 2 aromatic rings. The predicted octanol–water partition coefficient (Wildman–Crippen LogP) is 4.78. The van der Waals surface area contributed by atoms with E-state index in [9.17, 15) is 9.18 Å². The maximum atomic E-state index is 13.2. The quantitative estimate of drug-likeness (QED) is 0.725. The van der Waals surface area contributed by atoms with Crippen LogP contribution in [0.15, 0.2) is 40.9 Å². The van der Waals surface area contributed by atoms with Crippen molar-refractivity contribution in [3.05, 3.63) is 68.4 Å². The minimum atomic E-state index is -0.453. The average Bonchev–Trinajstić information content (AvgIpc) is 2.30. The van der Waals surface area contributed by atoms with Crippen LogP contribution in [0.1, 0.15) is 21.5 Å². The molecule has 0 amide bonds. The van der Waals surface area contributed by atoms with Gasteiger partial charge in [0.25, 0.3) is 0 Å². The molecule has 0 N–H and O–H groups in total. The van der Waals surface area contributed by atoms with E-state index in [4.69, 9.17) is 11.6 Å². The van der Waals surface area contributed by atoms with Crippen molar-refractivity contribution in [3.63, 3.8) is 0 Å². The second kappa shape index (κ2) is 5.21. The summed E-state index contributed by atoms with van der Waals surface area (Å²) in [6.07, 6.45) is 0. The summed E-state index contributed by atoms with van der Waals surface area (Å²) in [6, 6.07) is 9.14. The second-order valence-electron chi connectivity index (χ2n) is 3.95. The Morgan fingerprint density at radius 2 is 1.89 bits per heavy atom. The van der Waals surface area contributed by atoms with E-state index in [1.54, 1.807) is 24.3 Å². The average molecular weight is 328 g/mol. The molecule has 4 heteroatoms. The second-order valence-corrected chi connectivity index (χ2v) is 5.27. The molecule has 0 unspecified atom stereocenters. The van der Waals surface area contributed by atoms with Gasteiger partial charge in [0.2, 0.25) is 0 Å². The van der Waals surface area contributed by atoms with Crippen molar-refractivity contribution in [2.24, 2.45) is 0 Å². The van der Waals surface area contributed by atoms with Gasteiger partial charge in [0.15, 0.2) is 5.78 Å². The lowest BCUT2D eigenvalue weighted by molar-refractivity contribution is 0.103. The highest BCUT2D eigenvalue weighted by Crippen LogP contribution is 2.21. The summed E-state index contributed by atoms with van der Waals surface area (Å²) in [5.74, 6) is -0.706. The maximum Gasteiger partial charge on any atom is 0.193 e. The van der Waals surface area contributed by atoms with E-state index in [0.717, 1.165) is 5.56 Å². The molecule has 0 bridgehead atoms. The van der Waals surface area contributed by atoms with Gasteiger partial charge >= 0.3 is 0 Å². The van der Waals surface area contributed by atoms with Gasteiger partial charge in [0.1, 0.15) is 5.82 Å². The van der Waals surface area contributed by atoms with Crippen LogP contribution in [0.5, 0.6) is 0 Å². The van der Waals surface area contributed by atoms with Crippen LogP contribution in [0.2, 0.25) is 5.02 Å². The first-order valence-electron chi connectivity index (χ1n) is 5.24. The van der Waals surface area contributed by atoms with Gasteiger partial charge in [-0.2, -0.15) is 0 Å². The molecule has 2 aromatic carbocycles. The summed E-state index contributed by atoms with van der Waals surface area (Å²) >= 11 is 9.13. The van der Waals surface area contributed by atoms with E-state index in [2.05, 4.69) is 15.9 Å². The molecule has 0 saturated carbocycles. The molecular formula is C14H9BrClFO. The van der Waals surface area contributed by atoms with E-state index in [-0.39, 0.29) is 5.78 Å². The van der Waals surface area contributed by atoms with Crippen LogP contribution < -0.4 is 0 Å². The Morgan fingerprint density at radius 1 is 1.17 bits per heavy atom. The molecule has 0 aliphatic rings. The molecule has 0 spiro atoms. The molecule has 18 heavy (non-hydrogen) atoms. The first-order valence-corrected chi connectivity index (χ1v) is 6.41. The Labute approximate surface area is 118 Å². The molecule has 0 aliphatic carbocycles. The lowest BCUT2D eigenvalue weighted by Gasteiger charge is -2.04. The Morgan fingerprint density at radius 3 is 2.50 bits per heavy atom. The standard InChI is InChI=1S/C14H9BrClFO/c1-8-2-3-9(6-13(8)16)14(18)10-4-11(15)7-12(17)5-10/h2-7H,1H3. The van der Waals surface area contributed by atoms with Crippen LogP contribution in [0.3, 0.4) is 0 Å². The highest BCUT2D eigenvalue weighted by molar-refractivity contribution is 9.10. The van der Waals surface area contributed by atoms with E-state index >= 15 is 0 Å². The van der Waals surface area contributed by atoms with Gasteiger partial charge in [0, 0.05) is 20.6 Å². The van der Waals surface area contributed by atoms with Gasteiger partial charge < -0.3 is 0 Å². The Balaban J connectivity index is 2.44. The number of carbonyl (C=O) groups excluding carboxylic acids is 1. The summed E-state index contributed by atoms with van der Waals surface area (Å²) < 4.78 is 13.8. The van der Waals surface area contributed by atoms with Crippen LogP contribution >= 0.6 is 27.5 Å². The topological polar surface area (TPSA) is 17.1 Å². The van der Waals surface area contributed by atoms with E-state index < -0.39 is 5.82 Å². The Bertz CT molecular complexity index is 605. The van der Waals surface area contributed by atoms with Crippen LogP contribution in [0.4, 0.5) is 4.39 Å². The first-order chi connectivity index (χ1) is 8.47. The predicted molar refractivity (Wildman–Crippen MR) is 73.7 cm³/mol. The van der Waals surface area contributed by atoms with Crippen molar-refractivity contribution in [1.29, 1.82) is 0 Å². The minimum Gasteiger partial charge on any atom is -0.289 e. The van der Waals surface area contributed by atoms with Crippen LogP contribution in [0.25, 0.3) is 0 Å². The highest BCUT2D eigenvalue weighted by Gasteiger charge is 2.12. The van der Waals surface area contributed by atoms with Crippen molar-refractivity contribution in [3.8, 4) is 0 Å². The van der Waals surface area contributed by atoms with Gasteiger partial charge in [-0.25, -0.2) is 4.39 Å². The number of rotatable bonds is 2. The zero-order valence-electron chi connectivity index (χ0n) is 9.51. The third-order valence-corrected chi connectivity index (χ3v) is 3.42. The van der Waals surface area contributed by atoms with Gasteiger partial charge in [-0.3, -0.25) is 4.79 Å². The minimum absolute atomic E-state index is 0.253. The molecule has 0 atom stereocenters. The van der Waals surface area contributed by atoms with Crippen molar-refractivity contribution in [2.45, 2.75) is 6.92 Å². The van der Waals surface area contributed by atoms with Crippen LogP contribution in [-0.2, 0) is 0 Å². The third kappa shape index (κ3) is 2.79. The number of aryl methyl sites for hydroxylation is 1. The van der Waals surface area contributed by atoms with Crippen LogP contribution in [0, 0.1) is 12.7 Å². The fraction of sp³-hybridized carbons (Fsp3) is 0.0714. The highest BCUT2D eigenvalue weighted by atomic mass is 79.9. The van der Waals surface area contributed by atoms with Crippen molar-refractivity contribution >= 4 is 33.3 Å². The summed E-state index contributed by atoms with van der Waals surface area (Å²) in [5, 5.41) is 0.524. The number of halogens is 3. The monoisotopic (exact) mass is 326 g/mol. The maximum absolute atomic E-state index is 13.2. The van der Waals surface area contributed by atoms with E-state index in [1.807, 2.05) is 6.92 Å². The van der Waals surface area contributed by atoms with Crippen molar-refractivity contribution in [1.82, 2.24) is 0 Å². The Kier molecular flexibility index (Phi) is 3.83. The number of carbonyl (C=O) groups is 1. The molecule has 0 aromatic heterocycles. The number of hydrogen-bond donors (Lipinski definition) is 0. The zero-order valence-corrected chi connectivity index (χ0v) is 11.8. The smallest absolute Gasteiger partial charge is 0.193 e. The van der Waals surface area contributed by atoms with Gasteiger partial charge in [-0.15, -0.1) is 0 Å². The van der Waals surface area contributed by atoms with E-state index in [1.165, 1.54) is 12.1 Å². The summed E-state index contributed by atoms with van der Waals surface area (Å²) in [4.78, 5) is 12.2. The van der Waals surface area contributed by atoms with Gasteiger partial charge in [-0.05, 0) is 36.8 Å². The normalized spacial score (nSPS) is 10.4. The fourth-order valence-electron chi connectivity index (χ4n) is 1.59. The number of benzene rings is 2. The van der Waals surface area contributed by atoms with E-state index in [0.29, 0.717) is 20.6 Å². The largest absolute Gasteiger partial charge is 0.289 e. The molecule has 0 saturated heterocycles. The Hall–Kier alpha value is -1.19. The van der Waals surface area contributed by atoms with Crippen molar-refractivity contribution < 1.29 is 9.18 Å². The van der Waals surface area contributed by atoms with Gasteiger partial charge in [-0.1, -0.05) is 39.7 Å². The number of ketones is 1. The summed E-state index contributed by atoms with van der Waals surface area (Å²) in [6.45, 7) is 1.86. The SMILES string of the molecule is Cc1ccc(C(=O)c2cc(F)cc(Br)c2)cc1Cl. The lowest BCUT2D eigenvalue weighted by atomic mass is 10.0. The molecule has 0 fully saturated rings. The van der Waals surface area contributed by atoms with Gasteiger partial charge in [0.05, 0.1) is 0 Å². The van der Waals surface area contributed by atoms with Crippen molar-refractivity contribution in [2.75, 3.05) is 0 Å². The summed E-state index contributed by atoms with van der Waals surface area (Å²) in [7, 11) is 0. The first kappa shape index (κ1) is 13.2. The molecule has 1 nitrogen and oxygen atoms in total. The molecule has 2 rings (SSSR count). The molecule has 0 radical (unpaired) electrons. The molecular weight excluding hydrogens is 319 g/mol. The molecule has 0 heterocycles. The third-order valence-electron chi connectivity index (χ3n) is 2.56. The fourth-order valence-corrected chi connectivity index (χ4v) is 2.23. The molecule has 0 aliphatic heterocycles. The van der Waals surface area contributed by atoms with Crippen LogP contribution in [-0.4, -0.2) is 5.78 Å². The summed E-state index contributed by atoms with van der Waals surface area (Å²) in [5.41, 5.74) is 1.64. The number of hydrogen-bond acceptors (Lipinski definition) is 1. The lowest BCUT2D eigenvalue weighted by Crippen LogP contribution is -2.02. The molecule has 92 valence electrons. The zero-order chi connectivity index (χ0) is 13.3.